The van der Waals surface area contributed by atoms with Gasteiger partial charge in [0.05, 0.1) is 23.0 Å². The van der Waals surface area contributed by atoms with Crippen LogP contribution in [0.1, 0.15) is 24.9 Å². The standard InChI is InChI=1S/C19H17N3OS/c1-14(15-8-3-2-4-9-15)22-18(23)16-10-5-6-11-17(16)21-19(22)24-13-7-12-20/h2-6,8-11,14H,7,13H2,1H3/t14-/m1/s1. The largest absolute Gasteiger partial charge is 0.280 e. The molecular weight excluding hydrogens is 318 g/mol. The van der Waals surface area contributed by atoms with Crippen molar-refractivity contribution in [3.05, 3.63) is 70.5 Å². The topological polar surface area (TPSA) is 58.7 Å². The van der Waals surface area contributed by atoms with Crippen LogP contribution >= 0.6 is 11.8 Å². The number of nitriles is 1. The van der Waals surface area contributed by atoms with Gasteiger partial charge in [-0.3, -0.25) is 9.36 Å². The van der Waals surface area contributed by atoms with Crippen LogP contribution < -0.4 is 5.56 Å². The van der Waals surface area contributed by atoms with Crippen molar-refractivity contribution in [3.63, 3.8) is 0 Å². The monoisotopic (exact) mass is 335 g/mol. The summed E-state index contributed by atoms with van der Waals surface area (Å²) in [5.74, 6) is 0.614. The van der Waals surface area contributed by atoms with Crippen LogP contribution in [-0.4, -0.2) is 15.3 Å². The summed E-state index contributed by atoms with van der Waals surface area (Å²) in [6.07, 6.45) is 0.424. The van der Waals surface area contributed by atoms with Gasteiger partial charge in [0, 0.05) is 12.2 Å². The van der Waals surface area contributed by atoms with Gasteiger partial charge in [0.2, 0.25) is 0 Å². The second-order valence-electron chi connectivity index (χ2n) is 5.43. The number of thioether (sulfide) groups is 1. The maximum absolute atomic E-state index is 13.0. The lowest BCUT2D eigenvalue weighted by Crippen LogP contribution is -2.27. The quantitative estimate of drug-likeness (QED) is 0.401. The van der Waals surface area contributed by atoms with Crippen molar-refractivity contribution in [3.8, 4) is 6.07 Å². The van der Waals surface area contributed by atoms with E-state index < -0.39 is 0 Å². The van der Waals surface area contributed by atoms with Crippen LogP contribution in [0, 0.1) is 11.3 Å². The molecule has 4 nitrogen and oxygen atoms in total. The van der Waals surface area contributed by atoms with Crippen LogP contribution in [0.3, 0.4) is 0 Å². The number of rotatable bonds is 5. The van der Waals surface area contributed by atoms with Gasteiger partial charge in [-0.2, -0.15) is 5.26 Å². The first-order valence-corrected chi connectivity index (χ1v) is 8.77. The Kier molecular flexibility index (Phi) is 4.97. The van der Waals surface area contributed by atoms with Gasteiger partial charge in [-0.1, -0.05) is 54.2 Å². The molecule has 120 valence electrons. The zero-order valence-electron chi connectivity index (χ0n) is 13.3. The molecule has 0 radical (unpaired) electrons. The maximum Gasteiger partial charge on any atom is 0.262 e. The number of aromatic nitrogens is 2. The fourth-order valence-electron chi connectivity index (χ4n) is 2.64. The van der Waals surface area contributed by atoms with E-state index in [4.69, 9.17) is 5.26 Å². The van der Waals surface area contributed by atoms with E-state index >= 15 is 0 Å². The average molecular weight is 335 g/mol. The Labute approximate surface area is 144 Å². The highest BCUT2D eigenvalue weighted by Crippen LogP contribution is 2.25. The van der Waals surface area contributed by atoms with Crippen molar-refractivity contribution < 1.29 is 0 Å². The Bertz CT molecular complexity index is 944. The van der Waals surface area contributed by atoms with Crippen molar-refractivity contribution in [2.75, 3.05) is 5.75 Å². The predicted octanol–water partition coefficient (Wildman–Crippen LogP) is 4.01. The van der Waals surface area contributed by atoms with E-state index in [0.717, 1.165) is 5.56 Å². The SMILES string of the molecule is C[C@H](c1ccccc1)n1c(SCCC#N)nc2ccccc2c1=O. The minimum atomic E-state index is -0.125. The van der Waals surface area contributed by atoms with E-state index in [9.17, 15) is 4.79 Å². The highest BCUT2D eigenvalue weighted by Gasteiger charge is 2.17. The molecule has 0 saturated carbocycles. The Morgan fingerprint density at radius 3 is 2.62 bits per heavy atom. The van der Waals surface area contributed by atoms with E-state index in [1.54, 1.807) is 4.57 Å². The molecule has 0 amide bonds. The van der Waals surface area contributed by atoms with Crippen molar-refractivity contribution in [1.29, 1.82) is 5.26 Å². The lowest BCUT2D eigenvalue weighted by molar-refractivity contribution is 0.549. The first kappa shape index (κ1) is 16.3. The van der Waals surface area contributed by atoms with E-state index in [1.165, 1.54) is 11.8 Å². The summed E-state index contributed by atoms with van der Waals surface area (Å²) in [4.78, 5) is 17.7. The zero-order chi connectivity index (χ0) is 16.9. The Balaban J connectivity index is 2.16. The third-order valence-electron chi connectivity index (χ3n) is 3.89. The van der Waals surface area contributed by atoms with Crippen LogP contribution in [0.15, 0.2) is 64.5 Å². The highest BCUT2D eigenvalue weighted by molar-refractivity contribution is 7.99. The number of para-hydroxylation sites is 1. The van der Waals surface area contributed by atoms with E-state index in [2.05, 4.69) is 11.1 Å². The Hall–Kier alpha value is -2.58. The fourth-order valence-corrected chi connectivity index (χ4v) is 3.56. The first-order valence-electron chi connectivity index (χ1n) is 7.78. The molecule has 1 aromatic heterocycles. The minimum Gasteiger partial charge on any atom is -0.280 e. The Morgan fingerprint density at radius 2 is 1.88 bits per heavy atom. The number of benzene rings is 2. The summed E-state index contributed by atoms with van der Waals surface area (Å²) in [5.41, 5.74) is 1.70. The van der Waals surface area contributed by atoms with Gasteiger partial charge in [0.25, 0.3) is 5.56 Å². The summed E-state index contributed by atoms with van der Waals surface area (Å²) in [6, 6.07) is 19.3. The molecule has 0 N–H and O–H groups in total. The molecule has 0 fully saturated rings. The predicted molar refractivity (Wildman–Crippen MR) is 97.2 cm³/mol. The maximum atomic E-state index is 13.0. The molecule has 1 atom stereocenters. The third kappa shape index (κ3) is 3.19. The fraction of sp³-hybridized carbons (Fsp3) is 0.211. The van der Waals surface area contributed by atoms with Crippen molar-refractivity contribution in [2.45, 2.75) is 24.5 Å². The van der Waals surface area contributed by atoms with Gasteiger partial charge >= 0.3 is 0 Å². The molecule has 0 bridgehead atoms. The highest BCUT2D eigenvalue weighted by atomic mass is 32.2. The number of fused-ring (bicyclic) bond motifs is 1. The number of hydrogen-bond acceptors (Lipinski definition) is 4. The van der Waals surface area contributed by atoms with Crippen LogP contribution in [0.25, 0.3) is 10.9 Å². The van der Waals surface area contributed by atoms with E-state index in [1.807, 2.05) is 61.5 Å². The second kappa shape index (κ2) is 7.33. The molecule has 24 heavy (non-hydrogen) atoms. The minimum absolute atomic E-state index is 0.0450. The Morgan fingerprint density at radius 1 is 1.17 bits per heavy atom. The summed E-state index contributed by atoms with van der Waals surface area (Å²) in [7, 11) is 0. The van der Waals surface area contributed by atoms with E-state index in [0.29, 0.717) is 28.2 Å². The van der Waals surface area contributed by atoms with Gasteiger partial charge in [0.15, 0.2) is 5.16 Å². The average Bonchev–Trinajstić information content (AvgIpc) is 2.62. The van der Waals surface area contributed by atoms with Crippen molar-refractivity contribution >= 4 is 22.7 Å². The molecule has 0 aliphatic carbocycles. The molecule has 0 spiro atoms. The summed E-state index contributed by atoms with van der Waals surface area (Å²) >= 11 is 1.45. The summed E-state index contributed by atoms with van der Waals surface area (Å²) < 4.78 is 1.74. The molecule has 5 heteroatoms. The third-order valence-corrected chi connectivity index (χ3v) is 4.84. The summed E-state index contributed by atoms with van der Waals surface area (Å²) in [5, 5.41) is 10.0. The molecule has 0 aliphatic rings. The zero-order valence-corrected chi connectivity index (χ0v) is 14.2. The molecule has 0 saturated heterocycles. The smallest absolute Gasteiger partial charge is 0.262 e. The van der Waals surface area contributed by atoms with E-state index in [-0.39, 0.29) is 11.6 Å². The first-order chi connectivity index (χ1) is 11.7. The molecular formula is C19H17N3OS. The van der Waals surface area contributed by atoms with Gasteiger partial charge in [0.1, 0.15) is 0 Å². The van der Waals surface area contributed by atoms with Gasteiger partial charge in [-0.25, -0.2) is 4.98 Å². The number of hydrogen-bond donors (Lipinski definition) is 0. The lowest BCUT2D eigenvalue weighted by atomic mass is 10.1. The molecule has 2 aromatic carbocycles. The molecule has 3 rings (SSSR count). The molecule has 0 aliphatic heterocycles. The molecule has 0 unspecified atom stereocenters. The van der Waals surface area contributed by atoms with Gasteiger partial charge in [-0.15, -0.1) is 0 Å². The van der Waals surface area contributed by atoms with Crippen molar-refractivity contribution in [1.82, 2.24) is 9.55 Å². The van der Waals surface area contributed by atoms with Crippen LogP contribution in [0.5, 0.6) is 0 Å². The normalized spacial score (nSPS) is 12.0. The van der Waals surface area contributed by atoms with Gasteiger partial charge in [-0.05, 0) is 24.6 Å². The van der Waals surface area contributed by atoms with Crippen LogP contribution in [0.4, 0.5) is 0 Å². The number of nitrogens with zero attached hydrogens (tertiary/aromatic N) is 3. The van der Waals surface area contributed by atoms with Crippen LogP contribution in [-0.2, 0) is 0 Å². The summed E-state index contributed by atoms with van der Waals surface area (Å²) in [6.45, 7) is 2.00. The van der Waals surface area contributed by atoms with Crippen molar-refractivity contribution in [2.24, 2.45) is 0 Å². The molecule has 3 aromatic rings. The molecule has 1 heterocycles. The van der Waals surface area contributed by atoms with Crippen LogP contribution in [0.2, 0.25) is 0 Å². The lowest BCUT2D eigenvalue weighted by Gasteiger charge is -2.19. The van der Waals surface area contributed by atoms with Gasteiger partial charge < -0.3 is 0 Å². The second-order valence-corrected chi connectivity index (χ2v) is 6.49.